The molecule has 2 aromatic rings. The van der Waals surface area contributed by atoms with Crippen LogP contribution in [-0.2, 0) is 27.3 Å². The molecule has 0 radical (unpaired) electrons. The van der Waals surface area contributed by atoms with E-state index in [1.165, 1.54) is 6.07 Å². The molecule has 0 heterocycles. The summed E-state index contributed by atoms with van der Waals surface area (Å²) in [6.45, 7) is 2.32. The van der Waals surface area contributed by atoms with Gasteiger partial charge in [0.2, 0.25) is 5.78 Å². The first-order valence-corrected chi connectivity index (χ1v) is 12.6. The lowest BCUT2D eigenvalue weighted by molar-refractivity contribution is -0.147. The maximum Gasteiger partial charge on any atom is 0.255 e. The summed E-state index contributed by atoms with van der Waals surface area (Å²) in [5, 5.41) is 47.6. The first kappa shape index (κ1) is 26.0. The number of nitrogens with one attached hydrogen (secondary N) is 1. The third kappa shape index (κ3) is 3.81. The first-order chi connectivity index (χ1) is 18.0. The van der Waals surface area contributed by atoms with Crippen LogP contribution in [0.4, 0.5) is 0 Å². The lowest BCUT2D eigenvalue weighted by atomic mass is 9.59. The van der Waals surface area contributed by atoms with Crippen molar-refractivity contribution in [1.82, 2.24) is 5.32 Å². The highest BCUT2D eigenvalue weighted by Crippen LogP contribution is 2.53. The van der Waals surface area contributed by atoms with E-state index in [9.17, 15) is 34.8 Å². The van der Waals surface area contributed by atoms with Crippen LogP contribution in [-0.4, -0.2) is 43.5 Å². The second kappa shape index (κ2) is 9.27. The number of aliphatic hydroxyl groups is 3. The number of halogens is 1. The minimum atomic E-state index is -2.59. The zero-order valence-electron chi connectivity index (χ0n) is 20.5. The van der Waals surface area contributed by atoms with Gasteiger partial charge >= 0.3 is 0 Å². The van der Waals surface area contributed by atoms with E-state index >= 15 is 0 Å². The van der Waals surface area contributed by atoms with Crippen molar-refractivity contribution in [2.24, 2.45) is 17.6 Å². The highest BCUT2D eigenvalue weighted by atomic mass is 35.5. The molecular weight excluding hydrogens is 512 g/mol. The fraction of sp³-hybridized carbons (Fsp3) is 0.321. The number of benzene rings is 2. The van der Waals surface area contributed by atoms with Gasteiger partial charge in [0.05, 0.1) is 5.56 Å². The Hall–Kier alpha value is -3.66. The Morgan fingerprint density at radius 1 is 1.18 bits per heavy atom. The van der Waals surface area contributed by atoms with Crippen molar-refractivity contribution >= 4 is 34.8 Å². The highest BCUT2D eigenvalue weighted by molar-refractivity contribution is 6.32. The Labute approximate surface area is 223 Å². The van der Waals surface area contributed by atoms with Gasteiger partial charge in [-0.1, -0.05) is 41.9 Å². The summed E-state index contributed by atoms with van der Waals surface area (Å²) in [6.07, 6.45) is -0.168. The quantitative estimate of drug-likeness (QED) is 0.315. The molecule has 198 valence electrons. The lowest BCUT2D eigenvalue weighted by Gasteiger charge is -2.46. The van der Waals surface area contributed by atoms with E-state index in [1.807, 2.05) is 37.3 Å². The zero-order valence-corrected chi connectivity index (χ0v) is 21.2. The molecule has 3 aliphatic rings. The Balaban J connectivity index is 1.53. The van der Waals surface area contributed by atoms with E-state index in [0.717, 1.165) is 5.56 Å². The molecule has 9 nitrogen and oxygen atoms in total. The standard InChI is InChI=1S/C28H27ClN2O7/c1-12(13-5-3-2-4-6-13)31-11-15-9-18(32)21-17(23(15)29)8-14-7-16-10-19(33)22(27(30)37)26(36)28(16,38)25(35)20(14)24(21)34/h2-6,9,12,14,16,31-32,34,36,38H,7-8,10-11H2,1H3,(H2,30,37)/t12?,14?,16-,28-/m0/s1. The number of fused-ring (bicyclic) bond motifs is 3. The van der Waals surface area contributed by atoms with Crippen LogP contribution in [0.15, 0.2) is 53.3 Å². The Morgan fingerprint density at radius 2 is 1.87 bits per heavy atom. The molecule has 0 bridgehead atoms. The normalized spacial score (nSPS) is 25.6. The topological polar surface area (TPSA) is 170 Å². The number of phenols is 1. The predicted molar refractivity (Wildman–Crippen MR) is 138 cm³/mol. The minimum absolute atomic E-state index is 0.00569. The molecular formula is C28H27ClN2O7. The van der Waals surface area contributed by atoms with Crippen molar-refractivity contribution in [1.29, 1.82) is 0 Å². The number of Topliss-reactive ketones (excluding diaryl/α,β-unsaturated/α-hetero) is 2. The second-order valence-corrected chi connectivity index (χ2v) is 10.5. The number of primary amides is 1. The van der Waals surface area contributed by atoms with Crippen molar-refractivity contribution in [3.63, 3.8) is 0 Å². The number of aromatic hydroxyl groups is 1. The summed E-state index contributed by atoms with van der Waals surface area (Å²) in [7, 11) is 0. The van der Waals surface area contributed by atoms with Gasteiger partial charge in [-0.05, 0) is 48.4 Å². The number of hydrogen-bond acceptors (Lipinski definition) is 8. The van der Waals surface area contributed by atoms with Crippen LogP contribution in [0.5, 0.6) is 5.75 Å². The average Bonchev–Trinajstić information content (AvgIpc) is 2.87. The molecule has 1 amide bonds. The van der Waals surface area contributed by atoms with Gasteiger partial charge in [-0.15, -0.1) is 0 Å². The maximum absolute atomic E-state index is 13.5. The van der Waals surface area contributed by atoms with E-state index in [1.54, 1.807) is 0 Å². The number of aliphatic hydroxyl groups excluding tert-OH is 2. The summed E-state index contributed by atoms with van der Waals surface area (Å²) in [5.41, 5.74) is 3.69. The molecule has 10 heteroatoms. The van der Waals surface area contributed by atoms with E-state index in [0.29, 0.717) is 22.7 Å². The van der Waals surface area contributed by atoms with Crippen LogP contribution in [0.25, 0.3) is 5.76 Å². The molecule has 3 aliphatic carbocycles. The summed E-state index contributed by atoms with van der Waals surface area (Å²) in [6, 6.07) is 11.2. The van der Waals surface area contributed by atoms with Gasteiger partial charge in [0, 0.05) is 35.5 Å². The SMILES string of the molecule is CC(NCc1cc(O)c2c(c1Cl)CC1C[C@H]3CC(=O)C(C(N)=O)=C(O)[C@@]3(O)C(=O)C1=C2O)c1ccccc1. The highest BCUT2D eigenvalue weighted by Gasteiger charge is 2.60. The number of phenolic OH excluding ortho intramolecular Hbond substituents is 1. The smallest absolute Gasteiger partial charge is 0.255 e. The zero-order chi connectivity index (χ0) is 27.5. The van der Waals surface area contributed by atoms with Crippen LogP contribution in [0.2, 0.25) is 5.02 Å². The molecule has 2 aromatic carbocycles. The van der Waals surface area contributed by atoms with Crippen LogP contribution >= 0.6 is 11.6 Å². The van der Waals surface area contributed by atoms with Crippen molar-refractivity contribution in [2.45, 2.75) is 44.4 Å². The first-order valence-electron chi connectivity index (χ1n) is 12.3. The second-order valence-electron chi connectivity index (χ2n) is 10.1. The number of carbonyl (C=O) groups is 3. The van der Waals surface area contributed by atoms with Crippen molar-refractivity contribution in [3.8, 4) is 5.75 Å². The molecule has 1 fully saturated rings. The van der Waals surface area contributed by atoms with Gasteiger partial charge in [0.1, 0.15) is 22.8 Å². The van der Waals surface area contributed by atoms with Gasteiger partial charge in [-0.25, -0.2) is 0 Å². The minimum Gasteiger partial charge on any atom is -0.508 e. The number of ketones is 2. The van der Waals surface area contributed by atoms with Crippen LogP contribution < -0.4 is 11.1 Å². The summed E-state index contributed by atoms with van der Waals surface area (Å²) in [4.78, 5) is 37.8. The summed E-state index contributed by atoms with van der Waals surface area (Å²) in [5.74, 6) is -6.68. The molecule has 0 aromatic heterocycles. The van der Waals surface area contributed by atoms with Crippen molar-refractivity contribution in [3.05, 3.63) is 80.6 Å². The molecule has 0 aliphatic heterocycles. The monoisotopic (exact) mass is 538 g/mol. The van der Waals surface area contributed by atoms with Crippen LogP contribution in [0.1, 0.15) is 48.1 Å². The van der Waals surface area contributed by atoms with Gasteiger partial charge < -0.3 is 31.5 Å². The number of carbonyl (C=O) groups excluding carboxylic acids is 3. The fourth-order valence-electron chi connectivity index (χ4n) is 5.98. The van der Waals surface area contributed by atoms with Gasteiger partial charge in [0.25, 0.3) is 5.91 Å². The Morgan fingerprint density at radius 3 is 2.53 bits per heavy atom. The van der Waals surface area contributed by atoms with Crippen LogP contribution in [0.3, 0.4) is 0 Å². The molecule has 2 unspecified atom stereocenters. The predicted octanol–water partition coefficient (Wildman–Crippen LogP) is 2.93. The fourth-order valence-corrected chi connectivity index (χ4v) is 6.27. The third-order valence-electron chi connectivity index (χ3n) is 7.97. The van der Waals surface area contributed by atoms with Crippen molar-refractivity contribution in [2.75, 3.05) is 0 Å². The summed E-state index contributed by atoms with van der Waals surface area (Å²) >= 11 is 6.75. The average molecular weight is 539 g/mol. The lowest BCUT2D eigenvalue weighted by Crippen LogP contribution is -2.58. The third-order valence-corrected chi connectivity index (χ3v) is 8.44. The number of hydrogen-bond donors (Lipinski definition) is 6. The van der Waals surface area contributed by atoms with E-state index in [-0.39, 0.29) is 42.2 Å². The van der Waals surface area contributed by atoms with Gasteiger partial charge in [-0.3, -0.25) is 14.4 Å². The largest absolute Gasteiger partial charge is 0.508 e. The van der Waals surface area contributed by atoms with Crippen LogP contribution in [0, 0.1) is 11.8 Å². The Kier molecular flexibility index (Phi) is 6.33. The molecule has 7 N–H and O–H groups in total. The van der Waals surface area contributed by atoms with E-state index in [2.05, 4.69) is 5.32 Å². The van der Waals surface area contributed by atoms with Crippen molar-refractivity contribution < 1.29 is 34.8 Å². The van der Waals surface area contributed by atoms with E-state index in [4.69, 9.17) is 17.3 Å². The van der Waals surface area contributed by atoms with Gasteiger partial charge in [0.15, 0.2) is 11.4 Å². The molecule has 0 saturated heterocycles. The molecule has 5 rings (SSSR count). The summed E-state index contributed by atoms with van der Waals surface area (Å²) < 4.78 is 0. The van der Waals surface area contributed by atoms with Gasteiger partial charge in [-0.2, -0.15) is 0 Å². The maximum atomic E-state index is 13.5. The van der Waals surface area contributed by atoms with E-state index < -0.39 is 52.0 Å². The number of rotatable bonds is 5. The number of amides is 1. The molecule has 0 spiro atoms. The number of nitrogens with two attached hydrogens (primary N) is 1. The Bertz CT molecular complexity index is 1450. The molecule has 1 saturated carbocycles. The molecule has 38 heavy (non-hydrogen) atoms. The molecule has 4 atom stereocenters.